The minimum absolute atomic E-state index is 0.0427. The Labute approximate surface area is 478 Å². The second-order valence-corrected chi connectivity index (χ2v) is 25.5. The van der Waals surface area contributed by atoms with E-state index < -0.39 is 20.0 Å². The number of rotatable bonds is 61. The van der Waals surface area contributed by atoms with Crippen LogP contribution in [0.15, 0.2) is 36.5 Å². The summed E-state index contributed by atoms with van der Waals surface area (Å²) in [5.41, 5.74) is 0. The number of unbranched alkanes of at least 4 members (excludes halogenated alkanes) is 41. The molecule has 0 aliphatic rings. The lowest BCUT2D eigenvalue weighted by molar-refractivity contribution is -0.870. The van der Waals surface area contributed by atoms with E-state index in [9.17, 15) is 19.0 Å². The maximum Gasteiger partial charge on any atom is 0.472 e. The van der Waals surface area contributed by atoms with Crippen LogP contribution in [0.1, 0.15) is 329 Å². The minimum atomic E-state index is -4.45. The molecule has 0 aromatic heterocycles. The molecule has 10 heteroatoms. The number of phosphoric ester groups is 1. The predicted molar refractivity (Wildman–Crippen MR) is 332 cm³/mol. The van der Waals surface area contributed by atoms with Gasteiger partial charge in [0.05, 0.1) is 33.8 Å². The summed E-state index contributed by atoms with van der Waals surface area (Å²) in [5, 5.41) is 3.07. The lowest BCUT2D eigenvalue weighted by Crippen LogP contribution is -2.47. The summed E-state index contributed by atoms with van der Waals surface area (Å²) in [4.78, 5) is 37.8. The first-order valence-corrected chi connectivity index (χ1v) is 34.8. The van der Waals surface area contributed by atoms with Crippen molar-refractivity contribution in [2.75, 3.05) is 40.9 Å². The van der Waals surface area contributed by atoms with Gasteiger partial charge in [-0.3, -0.25) is 18.6 Å². The van der Waals surface area contributed by atoms with Crippen molar-refractivity contribution in [2.24, 2.45) is 0 Å². The second-order valence-electron chi connectivity index (χ2n) is 24.0. The Balaban J connectivity index is 5.10. The molecule has 0 aromatic rings. The van der Waals surface area contributed by atoms with E-state index in [1.807, 2.05) is 33.3 Å². The highest BCUT2D eigenvalue weighted by Crippen LogP contribution is 2.43. The van der Waals surface area contributed by atoms with Crippen LogP contribution in [0.25, 0.3) is 0 Å². The van der Waals surface area contributed by atoms with Crippen molar-refractivity contribution in [3.8, 4) is 0 Å². The Hall–Kier alpha value is -1.77. The molecule has 3 unspecified atom stereocenters. The molecule has 0 saturated carbocycles. The molecule has 0 aromatic carbocycles. The number of esters is 1. The van der Waals surface area contributed by atoms with Crippen molar-refractivity contribution in [1.82, 2.24) is 5.32 Å². The van der Waals surface area contributed by atoms with Crippen molar-refractivity contribution in [3.63, 3.8) is 0 Å². The van der Waals surface area contributed by atoms with E-state index in [0.29, 0.717) is 23.9 Å². The van der Waals surface area contributed by atoms with Crippen LogP contribution in [0.3, 0.4) is 0 Å². The first-order chi connectivity index (χ1) is 37.4. The zero-order chi connectivity index (χ0) is 56.4. The highest BCUT2D eigenvalue weighted by molar-refractivity contribution is 7.47. The molecule has 0 spiro atoms. The van der Waals surface area contributed by atoms with Crippen LogP contribution < -0.4 is 5.32 Å². The second kappa shape index (κ2) is 57.5. The monoisotopic (exact) mass is 1110 g/mol. The number of carbonyl (C=O) groups excluding carboxylic acids is 2. The molecule has 77 heavy (non-hydrogen) atoms. The van der Waals surface area contributed by atoms with Gasteiger partial charge in [0.15, 0.2) is 0 Å². The number of nitrogens with one attached hydrogen (secondary N) is 1. The zero-order valence-corrected chi connectivity index (χ0v) is 52.9. The first-order valence-electron chi connectivity index (χ1n) is 33.3. The number of allylic oxidation sites excluding steroid dienone is 5. The zero-order valence-electron chi connectivity index (χ0n) is 52.0. The molecule has 9 nitrogen and oxygen atoms in total. The van der Waals surface area contributed by atoms with Crippen LogP contribution in [-0.2, 0) is 27.9 Å². The topological polar surface area (TPSA) is 111 Å². The van der Waals surface area contributed by atoms with Gasteiger partial charge in [-0.05, 0) is 63.9 Å². The fourth-order valence-corrected chi connectivity index (χ4v) is 10.7. The molecule has 0 radical (unpaired) electrons. The Morgan fingerprint density at radius 1 is 0.455 bits per heavy atom. The molecule has 0 bridgehead atoms. The largest absolute Gasteiger partial charge is 0.472 e. The van der Waals surface area contributed by atoms with Crippen molar-refractivity contribution >= 4 is 19.7 Å². The Morgan fingerprint density at radius 2 is 0.792 bits per heavy atom. The van der Waals surface area contributed by atoms with Gasteiger partial charge in [0.2, 0.25) is 5.91 Å². The number of carbonyl (C=O) groups is 2. The molecule has 1 amide bonds. The van der Waals surface area contributed by atoms with E-state index in [2.05, 4.69) is 50.4 Å². The maximum absolute atomic E-state index is 13.6. The SMILES string of the molecule is CCCCC/C=C\C/C=C\CCCCCCCCCCCCCC(=O)OC(/C=C/CCCCCCCCCCC)C(COP(=O)(O)OCC[N+](C)(C)C)NC(=O)CCCCCCCCCCCCCCCCCCCCC. The summed E-state index contributed by atoms with van der Waals surface area (Å²) < 4.78 is 30.8. The fourth-order valence-electron chi connectivity index (χ4n) is 9.91. The molecule has 0 rings (SSSR count). The lowest BCUT2D eigenvalue weighted by Gasteiger charge is -2.27. The third kappa shape index (κ3) is 58.7. The molecule has 0 fully saturated rings. The highest BCUT2D eigenvalue weighted by Gasteiger charge is 2.30. The van der Waals surface area contributed by atoms with Gasteiger partial charge in [-0.25, -0.2) is 4.57 Å². The van der Waals surface area contributed by atoms with Crippen molar-refractivity contribution in [2.45, 2.75) is 341 Å². The van der Waals surface area contributed by atoms with Crippen molar-refractivity contribution in [1.29, 1.82) is 0 Å². The highest BCUT2D eigenvalue weighted by atomic mass is 31.2. The summed E-state index contributed by atoms with van der Waals surface area (Å²) in [6, 6.07) is -0.845. The molecule has 454 valence electrons. The molecule has 3 atom stereocenters. The quantitative estimate of drug-likeness (QED) is 0.0205. The Morgan fingerprint density at radius 3 is 1.19 bits per heavy atom. The normalized spacial score (nSPS) is 13.8. The smallest absolute Gasteiger partial charge is 0.456 e. The van der Waals surface area contributed by atoms with E-state index in [-0.39, 0.29) is 25.1 Å². The molecule has 0 saturated heterocycles. The van der Waals surface area contributed by atoms with Gasteiger partial charge in [0, 0.05) is 12.8 Å². The summed E-state index contributed by atoms with van der Waals surface area (Å²) in [5.74, 6) is -0.491. The molecule has 0 heterocycles. The van der Waals surface area contributed by atoms with Crippen molar-refractivity contribution in [3.05, 3.63) is 36.5 Å². The van der Waals surface area contributed by atoms with Gasteiger partial charge >= 0.3 is 13.8 Å². The third-order valence-corrected chi connectivity index (χ3v) is 16.1. The van der Waals surface area contributed by atoms with Crippen LogP contribution >= 0.6 is 7.82 Å². The van der Waals surface area contributed by atoms with Gasteiger partial charge in [-0.15, -0.1) is 0 Å². The molecule has 2 N–H and O–H groups in total. The van der Waals surface area contributed by atoms with Gasteiger partial charge in [0.1, 0.15) is 19.3 Å². The summed E-state index contributed by atoms with van der Waals surface area (Å²) in [6.07, 6.45) is 70.0. The van der Waals surface area contributed by atoms with Crippen LogP contribution in [-0.4, -0.2) is 74.3 Å². The minimum Gasteiger partial charge on any atom is -0.456 e. The number of phosphoric acid groups is 1. The van der Waals surface area contributed by atoms with E-state index in [1.165, 1.54) is 231 Å². The number of amides is 1. The van der Waals surface area contributed by atoms with Crippen LogP contribution in [0.2, 0.25) is 0 Å². The van der Waals surface area contributed by atoms with Crippen LogP contribution in [0.5, 0.6) is 0 Å². The predicted octanol–water partition coefficient (Wildman–Crippen LogP) is 20.7. The van der Waals surface area contributed by atoms with E-state index in [0.717, 1.165) is 64.2 Å². The van der Waals surface area contributed by atoms with E-state index >= 15 is 0 Å². The number of ether oxygens (including phenoxy) is 1. The number of nitrogens with zero attached hydrogens (tertiary/aromatic N) is 1. The van der Waals surface area contributed by atoms with Crippen LogP contribution in [0.4, 0.5) is 0 Å². The lowest BCUT2D eigenvalue weighted by atomic mass is 10.0. The molecule has 0 aliphatic carbocycles. The van der Waals surface area contributed by atoms with E-state index in [4.69, 9.17) is 13.8 Å². The number of hydrogen-bond donors (Lipinski definition) is 2. The fraction of sp³-hybridized carbons (Fsp3) is 0.881. The van der Waals surface area contributed by atoms with Gasteiger partial charge < -0.3 is 19.4 Å². The summed E-state index contributed by atoms with van der Waals surface area (Å²) in [7, 11) is 1.51. The summed E-state index contributed by atoms with van der Waals surface area (Å²) in [6.45, 7) is 7.03. The summed E-state index contributed by atoms with van der Waals surface area (Å²) >= 11 is 0. The number of hydrogen-bond acceptors (Lipinski definition) is 6. The molecular weight excluding hydrogens is 976 g/mol. The molecule has 0 aliphatic heterocycles. The third-order valence-electron chi connectivity index (χ3n) is 15.1. The standard InChI is InChI=1S/C67H129N2O7P/c1-7-10-13-16-19-22-25-27-29-31-33-34-36-38-40-42-45-48-51-54-57-60-67(71)76-65(58-55-52-49-46-43-24-21-18-15-12-9-3)64(63-75-77(72,73)74-62-61-69(4,5)6)68-66(70)59-56-53-50-47-44-41-39-37-35-32-30-28-26-23-20-17-14-11-8-2/h19,22,27,29,55,58,64-65H,7-18,20-21,23-26,28,30-54,56-57,59-63H2,1-6H3,(H-,68,70,72,73)/p+1/b22-19-,29-27-,58-55+. The molecular formula is C67H130N2O7P+. The maximum atomic E-state index is 13.6. The Bertz CT molecular complexity index is 1410. The number of quaternary nitrogens is 1. The average Bonchev–Trinajstić information content (AvgIpc) is 3.39. The number of likely N-dealkylation sites (N-methyl/N-ethyl adjacent to an activating group) is 1. The van der Waals surface area contributed by atoms with Crippen molar-refractivity contribution < 1.29 is 37.3 Å². The average molecular weight is 1110 g/mol. The van der Waals surface area contributed by atoms with Gasteiger partial charge in [-0.2, -0.15) is 0 Å². The van der Waals surface area contributed by atoms with Crippen LogP contribution in [0, 0.1) is 0 Å². The van der Waals surface area contributed by atoms with Gasteiger partial charge in [0.25, 0.3) is 0 Å². The van der Waals surface area contributed by atoms with Gasteiger partial charge in [-0.1, -0.05) is 289 Å². The first kappa shape index (κ1) is 75.2. The Kier molecular flexibility index (Phi) is 56.1. The van der Waals surface area contributed by atoms with E-state index in [1.54, 1.807) is 0 Å².